The van der Waals surface area contributed by atoms with Crippen LogP contribution in [0.1, 0.15) is 66.6 Å². The molecule has 1 amide bonds. The molecule has 0 spiro atoms. The van der Waals surface area contributed by atoms with Crippen LogP contribution in [0.15, 0.2) is 46.9 Å². The van der Waals surface area contributed by atoms with Gasteiger partial charge in [-0.2, -0.15) is 13.2 Å². The minimum atomic E-state index is -4.55. The molecule has 4 rings (SSSR count). The Labute approximate surface area is 261 Å². The van der Waals surface area contributed by atoms with Crippen molar-refractivity contribution in [3.05, 3.63) is 69.2 Å². The van der Waals surface area contributed by atoms with Crippen molar-refractivity contribution in [1.82, 2.24) is 10.3 Å². The number of fused-ring (bicyclic) bond motifs is 1. The molecule has 3 aromatic rings. The lowest BCUT2D eigenvalue weighted by molar-refractivity contribution is -0.138. The number of alkyl halides is 5. The molecule has 0 radical (unpaired) electrons. The molecular weight excluding hydrogens is 649 g/mol. The minimum absolute atomic E-state index is 0.000319. The second kappa shape index (κ2) is 13.0. The molecule has 1 aromatic heterocycles. The Balaban J connectivity index is 1.67. The molecule has 2 N–H and O–H groups in total. The second-order valence-corrected chi connectivity index (χ2v) is 13.1. The van der Waals surface area contributed by atoms with Gasteiger partial charge in [-0.1, -0.05) is 48.0 Å². The second-order valence-electron chi connectivity index (χ2n) is 12.1. The van der Waals surface area contributed by atoms with Crippen molar-refractivity contribution < 1.29 is 36.6 Å². The first-order valence-electron chi connectivity index (χ1n) is 14.4. The van der Waals surface area contributed by atoms with Gasteiger partial charge in [0.05, 0.1) is 23.2 Å². The number of aliphatic carboxylic acids is 1. The van der Waals surface area contributed by atoms with E-state index >= 15 is 0 Å². The molecule has 1 atom stereocenters. The van der Waals surface area contributed by atoms with Crippen molar-refractivity contribution in [1.29, 1.82) is 0 Å². The zero-order valence-electron chi connectivity index (χ0n) is 24.7. The van der Waals surface area contributed by atoms with Gasteiger partial charge >= 0.3 is 12.1 Å². The smallest absolute Gasteiger partial charge is 0.416 e. The van der Waals surface area contributed by atoms with Gasteiger partial charge in [0.2, 0.25) is 0 Å². The number of anilines is 1. The minimum Gasteiger partial charge on any atom is -0.481 e. The fourth-order valence-electron chi connectivity index (χ4n) is 6.02. The molecule has 238 valence electrons. The van der Waals surface area contributed by atoms with Crippen LogP contribution in [-0.2, 0) is 17.4 Å². The maximum atomic E-state index is 14.3. The number of hydrogen-bond donors (Lipinski definition) is 2. The normalized spacial score (nSPS) is 16.2. The number of amides is 1. The van der Waals surface area contributed by atoms with Crippen LogP contribution in [0, 0.1) is 18.3 Å². The van der Waals surface area contributed by atoms with E-state index in [0.717, 1.165) is 6.07 Å². The maximum absolute atomic E-state index is 14.3. The third-order valence-electron chi connectivity index (χ3n) is 8.37. The zero-order valence-corrected chi connectivity index (χ0v) is 26.3. The van der Waals surface area contributed by atoms with Crippen LogP contribution in [0.4, 0.5) is 27.8 Å². The fraction of sp³-hybridized carbons (Fsp3) is 0.469. The number of hydrogen-bond acceptors (Lipinski definition) is 4. The molecule has 1 saturated heterocycles. The van der Waals surface area contributed by atoms with Gasteiger partial charge in [-0.25, -0.2) is 13.8 Å². The van der Waals surface area contributed by atoms with Crippen LogP contribution < -0.4 is 10.2 Å². The lowest BCUT2D eigenvalue weighted by Gasteiger charge is -2.36. The van der Waals surface area contributed by atoms with Gasteiger partial charge in [-0.15, -0.1) is 0 Å². The van der Waals surface area contributed by atoms with Crippen molar-refractivity contribution in [3.63, 3.8) is 0 Å². The van der Waals surface area contributed by atoms with Crippen molar-refractivity contribution >= 4 is 44.5 Å². The largest absolute Gasteiger partial charge is 0.481 e. The summed E-state index contributed by atoms with van der Waals surface area (Å²) in [5, 5.41) is 12.8. The number of carboxylic acid groups (broad SMARTS) is 1. The van der Waals surface area contributed by atoms with Gasteiger partial charge in [0, 0.05) is 41.4 Å². The monoisotopic (exact) mass is 683 g/mol. The molecule has 1 aliphatic rings. The van der Waals surface area contributed by atoms with Crippen LogP contribution in [0.3, 0.4) is 0 Å². The van der Waals surface area contributed by atoms with Crippen molar-refractivity contribution in [2.75, 3.05) is 24.5 Å². The van der Waals surface area contributed by atoms with E-state index in [0.29, 0.717) is 27.5 Å². The highest BCUT2D eigenvalue weighted by Crippen LogP contribution is 2.39. The number of nitrogens with zero attached hydrogens (tertiary/aromatic N) is 2. The summed E-state index contributed by atoms with van der Waals surface area (Å²) >= 11 is 3.42. The van der Waals surface area contributed by atoms with Crippen LogP contribution in [0.5, 0.6) is 0 Å². The molecule has 0 bridgehead atoms. The fourth-order valence-corrected chi connectivity index (χ4v) is 6.38. The summed E-state index contributed by atoms with van der Waals surface area (Å²) in [4.78, 5) is 31.5. The first kappa shape index (κ1) is 33.6. The average molecular weight is 685 g/mol. The van der Waals surface area contributed by atoms with Gasteiger partial charge in [-0.3, -0.25) is 9.59 Å². The van der Waals surface area contributed by atoms with E-state index in [4.69, 9.17) is 0 Å². The van der Waals surface area contributed by atoms with E-state index < -0.39 is 47.4 Å². The number of carboxylic acids is 1. The van der Waals surface area contributed by atoms with Gasteiger partial charge in [0.1, 0.15) is 5.82 Å². The van der Waals surface area contributed by atoms with Crippen molar-refractivity contribution in [2.45, 2.75) is 65.0 Å². The predicted molar refractivity (Wildman–Crippen MR) is 162 cm³/mol. The Morgan fingerprint density at radius 3 is 2.52 bits per heavy atom. The molecule has 0 aliphatic carbocycles. The number of piperidine rings is 1. The van der Waals surface area contributed by atoms with Crippen LogP contribution in [0.2, 0.25) is 0 Å². The topological polar surface area (TPSA) is 82.5 Å². The SMILES string of the molecule is Cc1c(N2CCCC(F)(F)C2)nc2ccc(Br)cc2c1C(=O)NCC(CCC(=O)O)C(C)(C)Cc1ccccc1C(F)(F)F. The number of aromatic nitrogens is 1. The number of benzene rings is 2. The average Bonchev–Trinajstić information content (AvgIpc) is 2.91. The molecule has 1 fully saturated rings. The number of halogens is 6. The molecule has 44 heavy (non-hydrogen) atoms. The molecule has 2 aromatic carbocycles. The third kappa shape index (κ3) is 7.86. The summed E-state index contributed by atoms with van der Waals surface area (Å²) in [5.74, 6) is -4.68. The first-order chi connectivity index (χ1) is 20.5. The highest BCUT2D eigenvalue weighted by Gasteiger charge is 2.38. The summed E-state index contributed by atoms with van der Waals surface area (Å²) in [6.45, 7) is 5.01. The van der Waals surface area contributed by atoms with E-state index in [1.165, 1.54) is 23.1 Å². The summed E-state index contributed by atoms with van der Waals surface area (Å²) in [5.41, 5.74) is -0.398. The highest BCUT2D eigenvalue weighted by molar-refractivity contribution is 9.10. The number of pyridine rings is 1. The Morgan fingerprint density at radius 2 is 1.86 bits per heavy atom. The van der Waals surface area contributed by atoms with E-state index in [1.807, 2.05) is 0 Å². The maximum Gasteiger partial charge on any atom is 0.416 e. The highest BCUT2D eigenvalue weighted by atomic mass is 79.9. The summed E-state index contributed by atoms with van der Waals surface area (Å²) < 4.78 is 70.6. The zero-order chi connectivity index (χ0) is 32.4. The molecule has 1 aliphatic heterocycles. The van der Waals surface area contributed by atoms with Crippen LogP contribution in [0.25, 0.3) is 10.9 Å². The Morgan fingerprint density at radius 1 is 1.16 bits per heavy atom. The van der Waals surface area contributed by atoms with E-state index in [9.17, 15) is 36.6 Å². The van der Waals surface area contributed by atoms with Crippen molar-refractivity contribution in [3.8, 4) is 0 Å². The Hall–Kier alpha value is -3.28. The van der Waals surface area contributed by atoms with Crippen molar-refractivity contribution in [2.24, 2.45) is 11.3 Å². The van der Waals surface area contributed by atoms with Crippen LogP contribution in [-0.4, -0.2) is 47.5 Å². The van der Waals surface area contributed by atoms with Crippen LogP contribution >= 0.6 is 15.9 Å². The molecular formula is C32H35BrF5N3O3. The lowest BCUT2D eigenvalue weighted by Crippen LogP contribution is -2.43. The Bertz CT molecular complexity index is 1540. The predicted octanol–water partition coefficient (Wildman–Crippen LogP) is 8.04. The number of carbonyl (C=O) groups is 2. The van der Waals surface area contributed by atoms with Gasteiger partial charge in [0.15, 0.2) is 0 Å². The van der Waals surface area contributed by atoms with Gasteiger partial charge in [-0.05, 0) is 67.3 Å². The van der Waals surface area contributed by atoms with Gasteiger partial charge in [0.25, 0.3) is 11.8 Å². The summed E-state index contributed by atoms with van der Waals surface area (Å²) in [7, 11) is 0. The lowest BCUT2D eigenvalue weighted by atomic mass is 9.71. The van der Waals surface area contributed by atoms with Gasteiger partial charge < -0.3 is 15.3 Å². The summed E-state index contributed by atoms with van der Waals surface area (Å²) in [6, 6.07) is 10.4. The third-order valence-corrected chi connectivity index (χ3v) is 8.87. The summed E-state index contributed by atoms with van der Waals surface area (Å²) in [6.07, 6.45) is -4.62. The number of carbonyl (C=O) groups excluding carboxylic acids is 1. The molecule has 1 unspecified atom stereocenters. The number of nitrogens with one attached hydrogen (secondary N) is 1. The molecule has 0 saturated carbocycles. The molecule has 2 heterocycles. The Kier molecular flexibility index (Phi) is 9.92. The standard InChI is InChI=1S/C32H35BrF5N3O3/c1-19-27(23-15-22(33)10-11-25(23)40-28(19)41-14-6-13-31(34,35)18-41)29(44)39-17-21(9-12-26(42)43)30(2,3)16-20-7-4-5-8-24(20)32(36,37)38/h4-5,7-8,10-11,15,21H,6,9,12-14,16-18H2,1-3H3,(H,39,44)(H,42,43). The number of rotatable bonds is 10. The van der Waals surface area contributed by atoms with E-state index in [-0.39, 0.29) is 55.6 Å². The molecule has 6 nitrogen and oxygen atoms in total. The molecule has 12 heteroatoms. The van der Waals surface area contributed by atoms with E-state index in [2.05, 4.69) is 26.2 Å². The quantitative estimate of drug-likeness (QED) is 0.212. The first-order valence-corrected chi connectivity index (χ1v) is 15.2. The van der Waals surface area contributed by atoms with E-state index in [1.54, 1.807) is 39.0 Å².